The van der Waals surface area contributed by atoms with E-state index in [9.17, 15) is 15.0 Å². The van der Waals surface area contributed by atoms with Crippen LogP contribution in [0.1, 0.15) is 50.4 Å². The van der Waals surface area contributed by atoms with E-state index in [1.807, 2.05) is 26.0 Å². The molecule has 2 aromatic heterocycles. The topological polar surface area (TPSA) is 128 Å². The number of carboxylic acid groups (broad SMARTS) is 1. The Balaban J connectivity index is 1.80. The first kappa shape index (κ1) is 20.2. The highest BCUT2D eigenvalue weighted by Crippen LogP contribution is 2.31. The Kier molecular flexibility index (Phi) is 6.56. The van der Waals surface area contributed by atoms with E-state index in [2.05, 4.69) is 30.5 Å². The molecule has 9 heteroatoms. The van der Waals surface area contributed by atoms with Gasteiger partial charge in [0.2, 0.25) is 0 Å². The highest BCUT2D eigenvalue weighted by molar-refractivity contribution is 5.71. The van der Waals surface area contributed by atoms with Crippen LogP contribution in [-0.2, 0) is 11.2 Å². The number of carbonyl (C=O) groups is 1. The van der Waals surface area contributed by atoms with Crippen molar-refractivity contribution in [2.45, 2.75) is 51.5 Å². The van der Waals surface area contributed by atoms with Gasteiger partial charge >= 0.3 is 5.97 Å². The molecule has 0 radical (unpaired) electrons. The monoisotopic (exact) mass is 388 g/mol. The molecule has 3 N–H and O–H groups in total. The quantitative estimate of drug-likeness (QED) is 0.591. The summed E-state index contributed by atoms with van der Waals surface area (Å²) >= 11 is 0. The van der Waals surface area contributed by atoms with Crippen LogP contribution in [0, 0.1) is 11.8 Å². The summed E-state index contributed by atoms with van der Waals surface area (Å²) in [5, 5.41) is 33.5. The lowest BCUT2D eigenvalue weighted by molar-refractivity contribution is -0.143. The van der Waals surface area contributed by atoms with Crippen LogP contribution >= 0.6 is 0 Å². The molecule has 0 aromatic carbocycles. The number of rotatable bonds is 9. The van der Waals surface area contributed by atoms with Crippen LogP contribution in [0.3, 0.4) is 0 Å². The van der Waals surface area contributed by atoms with E-state index in [0.29, 0.717) is 18.7 Å². The Bertz CT molecular complexity index is 750. The van der Waals surface area contributed by atoms with Crippen molar-refractivity contribution < 1.29 is 15.0 Å². The van der Waals surface area contributed by atoms with Crippen molar-refractivity contribution >= 4 is 11.8 Å². The molecule has 0 bridgehead atoms. The Hall–Kier alpha value is -2.55. The van der Waals surface area contributed by atoms with E-state index in [1.165, 1.54) is 0 Å². The molecule has 0 aliphatic carbocycles. The number of aliphatic hydroxyl groups excluding tert-OH is 1. The summed E-state index contributed by atoms with van der Waals surface area (Å²) < 4.78 is 0. The highest BCUT2D eigenvalue weighted by atomic mass is 16.4. The zero-order chi connectivity index (χ0) is 20.1. The second-order valence-electron chi connectivity index (χ2n) is 7.85. The number of tetrazole rings is 1. The number of hydrogen-bond donors (Lipinski definition) is 3. The van der Waals surface area contributed by atoms with Crippen molar-refractivity contribution in [3.8, 4) is 0 Å². The molecule has 1 aliphatic rings. The van der Waals surface area contributed by atoms with Gasteiger partial charge in [-0.15, -0.1) is 10.2 Å². The van der Waals surface area contributed by atoms with Gasteiger partial charge < -0.3 is 15.1 Å². The van der Waals surface area contributed by atoms with Crippen molar-refractivity contribution in [2.24, 2.45) is 11.8 Å². The van der Waals surface area contributed by atoms with Gasteiger partial charge in [0.15, 0.2) is 5.82 Å². The molecule has 9 nitrogen and oxygen atoms in total. The fraction of sp³-hybridized carbons (Fsp3) is 0.632. The summed E-state index contributed by atoms with van der Waals surface area (Å²) in [4.78, 5) is 18.6. The maximum Gasteiger partial charge on any atom is 0.307 e. The molecule has 0 amide bonds. The van der Waals surface area contributed by atoms with Crippen LogP contribution < -0.4 is 4.90 Å². The smallest absolute Gasteiger partial charge is 0.307 e. The largest absolute Gasteiger partial charge is 0.481 e. The summed E-state index contributed by atoms with van der Waals surface area (Å²) in [5.74, 6) is -0.346. The molecule has 1 saturated heterocycles. The van der Waals surface area contributed by atoms with E-state index in [-0.39, 0.29) is 24.5 Å². The summed E-state index contributed by atoms with van der Waals surface area (Å²) in [6, 6.07) is 4.03. The molecular weight excluding hydrogens is 360 g/mol. The first-order valence-corrected chi connectivity index (χ1v) is 9.78. The van der Waals surface area contributed by atoms with E-state index in [1.54, 1.807) is 6.20 Å². The van der Waals surface area contributed by atoms with Gasteiger partial charge in [-0.2, -0.15) is 5.21 Å². The number of aliphatic hydroxyl groups is 1. The molecule has 1 aliphatic heterocycles. The molecule has 1 unspecified atom stereocenters. The van der Waals surface area contributed by atoms with Crippen molar-refractivity contribution in [1.29, 1.82) is 0 Å². The number of carboxylic acids is 1. The number of nitrogens with zero attached hydrogens (tertiary/aromatic N) is 5. The average molecular weight is 388 g/mol. The van der Waals surface area contributed by atoms with Crippen LogP contribution in [0.2, 0.25) is 0 Å². The summed E-state index contributed by atoms with van der Waals surface area (Å²) in [7, 11) is 0. The zero-order valence-corrected chi connectivity index (χ0v) is 16.3. The maximum atomic E-state index is 11.9. The van der Waals surface area contributed by atoms with Gasteiger partial charge in [0.1, 0.15) is 5.82 Å². The van der Waals surface area contributed by atoms with Crippen LogP contribution in [-0.4, -0.2) is 61.0 Å². The van der Waals surface area contributed by atoms with Gasteiger partial charge in [-0.25, -0.2) is 4.98 Å². The minimum atomic E-state index is -0.851. The van der Waals surface area contributed by atoms with Crippen molar-refractivity contribution in [1.82, 2.24) is 25.6 Å². The van der Waals surface area contributed by atoms with Crippen LogP contribution in [0.4, 0.5) is 5.82 Å². The molecule has 3 rings (SSSR count). The minimum Gasteiger partial charge on any atom is -0.481 e. The van der Waals surface area contributed by atoms with Crippen LogP contribution in [0.25, 0.3) is 0 Å². The molecule has 2 aromatic rings. The minimum absolute atomic E-state index is 0.118. The standard InChI is InChI=1S/C19H28N6O3/c1-12(2)8-16(19(27)28)15(18-21-23-24-22-18)9-13-5-6-17(20-10-13)25-7-3-4-14(25)11-26/h5-6,10,12,14-16,26H,3-4,7-9,11H2,1-2H3,(H,27,28)(H,21,22,23,24)/t14?,15-,16-/m0/s1. The molecule has 1 fully saturated rings. The predicted molar refractivity (Wildman–Crippen MR) is 103 cm³/mol. The van der Waals surface area contributed by atoms with Gasteiger partial charge in [-0.3, -0.25) is 4.79 Å². The number of nitrogens with one attached hydrogen (secondary N) is 1. The van der Waals surface area contributed by atoms with Gasteiger partial charge in [0, 0.05) is 18.7 Å². The SMILES string of the molecule is CC(C)C[C@H](C(=O)O)[C@H](Cc1ccc(N2CCCC2CO)nc1)c1nn[nH]n1. The third-order valence-corrected chi connectivity index (χ3v) is 5.37. The maximum absolute atomic E-state index is 11.9. The second-order valence-corrected chi connectivity index (χ2v) is 7.85. The van der Waals surface area contributed by atoms with E-state index < -0.39 is 11.9 Å². The second kappa shape index (κ2) is 9.09. The number of pyridine rings is 1. The highest BCUT2D eigenvalue weighted by Gasteiger charge is 2.33. The lowest BCUT2D eigenvalue weighted by Gasteiger charge is -2.25. The third-order valence-electron chi connectivity index (χ3n) is 5.37. The van der Waals surface area contributed by atoms with Gasteiger partial charge in [0.25, 0.3) is 0 Å². The van der Waals surface area contributed by atoms with Crippen LogP contribution in [0.15, 0.2) is 18.3 Å². The number of anilines is 1. The number of aliphatic carboxylic acids is 1. The Labute approximate surface area is 164 Å². The van der Waals surface area contributed by atoms with E-state index in [4.69, 9.17) is 0 Å². The van der Waals surface area contributed by atoms with E-state index >= 15 is 0 Å². The first-order chi connectivity index (χ1) is 13.5. The average Bonchev–Trinajstić information content (AvgIpc) is 3.36. The molecule has 0 spiro atoms. The first-order valence-electron chi connectivity index (χ1n) is 9.78. The van der Waals surface area contributed by atoms with Crippen molar-refractivity contribution in [3.63, 3.8) is 0 Å². The van der Waals surface area contributed by atoms with Gasteiger partial charge in [0.05, 0.1) is 18.6 Å². The Morgan fingerprint density at radius 1 is 1.39 bits per heavy atom. The van der Waals surface area contributed by atoms with Crippen molar-refractivity contribution in [2.75, 3.05) is 18.1 Å². The normalized spacial score (nSPS) is 19.1. The Morgan fingerprint density at radius 3 is 2.79 bits per heavy atom. The van der Waals surface area contributed by atoms with Gasteiger partial charge in [-0.05, 0) is 43.2 Å². The van der Waals surface area contributed by atoms with E-state index in [0.717, 1.165) is 30.8 Å². The molecular formula is C19H28N6O3. The molecule has 152 valence electrons. The molecule has 3 heterocycles. The third kappa shape index (κ3) is 4.64. The predicted octanol–water partition coefficient (Wildman–Crippen LogP) is 1.63. The fourth-order valence-electron chi connectivity index (χ4n) is 3.97. The lowest BCUT2D eigenvalue weighted by atomic mass is 9.81. The molecule has 28 heavy (non-hydrogen) atoms. The zero-order valence-electron chi connectivity index (χ0n) is 16.3. The summed E-state index contributed by atoms with van der Waals surface area (Å²) in [5.41, 5.74) is 0.924. The summed E-state index contributed by atoms with van der Waals surface area (Å²) in [6.07, 6.45) is 4.80. The summed E-state index contributed by atoms with van der Waals surface area (Å²) in [6.45, 7) is 5.03. The number of aromatic nitrogens is 5. The lowest BCUT2D eigenvalue weighted by Crippen LogP contribution is -2.32. The molecule has 3 atom stereocenters. The Morgan fingerprint density at radius 2 is 2.21 bits per heavy atom. The molecule has 0 saturated carbocycles. The van der Waals surface area contributed by atoms with Crippen molar-refractivity contribution in [3.05, 3.63) is 29.7 Å². The fourth-order valence-corrected chi connectivity index (χ4v) is 3.97. The van der Waals surface area contributed by atoms with Gasteiger partial charge in [-0.1, -0.05) is 25.1 Å². The number of hydrogen-bond acceptors (Lipinski definition) is 7. The number of aromatic amines is 1. The number of H-pyrrole nitrogens is 1. The van der Waals surface area contributed by atoms with Crippen LogP contribution in [0.5, 0.6) is 0 Å².